The Kier molecular flexibility index (Phi) is 3.79. The van der Waals surface area contributed by atoms with Crippen LogP contribution < -0.4 is 10.5 Å². The van der Waals surface area contributed by atoms with Crippen molar-refractivity contribution in [3.63, 3.8) is 0 Å². The van der Waals surface area contributed by atoms with E-state index in [1.165, 1.54) is 13.2 Å². The summed E-state index contributed by atoms with van der Waals surface area (Å²) in [6.07, 6.45) is 3.14. The summed E-state index contributed by atoms with van der Waals surface area (Å²) in [5.74, 6) is 0.0693. The van der Waals surface area contributed by atoms with E-state index < -0.39 is 11.9 Å². The third-order valence-electron chi connectivity index (χ3n) is 2.65. The minimum absolute atomic E-state index is 0.0544. The van der Waals surface area contributed by atoms with Crippen molar-refractivity contribution in [3.8, 4) is 5.75 Å². The SMILES string of the molecule is COc1cncc(C(N)c2cccc(Cl)c2F)c1. The largest absolute Gasteiger partial charge is 0.495 e. The van der Waals surface area contributed by atoms with Gasteiger partial charge in [0.15, 0.2) is 0 Å². The molecule has 5 heteroatoms. The van der Waals surface area contributed by atoms with Gasteiger partial charge < -0.3 is 10.5 Å². The van der Waals surface area contributed by atoms with E-state index in [2.05, 4.69) is 4.98 Å². The van der Waals surface area contributed by atoms with Gasteiger partial charge in [0.1, 0.15) is 11.6 Å². The van der Waals surface area contributed by atoms with Crippen LogP contribution in [0.15, 0.2) is 36.7 Å². The second-order valence-electron chi connectivity index (χ2n) is 3.78. The van der Waals surface area contributed by atoms with Gasteiger partial charge in [-0.05, 0) is 17.7 Å². The minimum Gasteiger partial charge on any atom is -0.495 e. The molecule has 1 aromatic carbocycles. The molecule has 2 rings (SSSR count). The Balaban J connectivity index is 2.41. The number of halogens is 2. The van der Waals surface area contributed by atoms with Gasteiger partial charge in [0.05, 0.1) is 24.4 Å². The number of nitrogens with zero attached hydrogens (tertiary/aromatic N) is 1. The van der Waals surface area contributed by atoms with E-state index in [1.807, 2.05) is 0 Å². The van der Waals surface area contributed by atoms with Crippen LogP contribution in [-0.2, 0) is 0 Å². The summed E-state index contributed by atoms with van der Waals surface area (Å²) in [6, 6.07) is 5.83. The molecule has 0 fully saturated rings. The van der Waals surface area contributed by atoms with Crippen LogP contribution in [0.1, 0.15) is 17.2 Å². The smallest absolute Gasteiger partial charge is 0.146 e. The highest BCUT2D eigenvalue weighted by atomic mass is 35.5. The van der Waals surface area contributed by atoms with Gasteiger partial charge in [0.2, 0.25) is 0 Å². The number of pyridine rings is 1. The second kappa shape index (κ2) is 5.33. The van der Waals surface area contributed by atoms with Gasteiger partial charge in [-0.3, -0.25) is 4.98 Å². The molecule has 2 aromatic rings. The van der Waals surface area contributed by atoms with E-state index in [0.29, 0.717) is 16.9 Å². The topological polar surface area (TPSA) is 48.1 Å². The molecule has 94 valence electrons. The number of ether oxygens (including phenoxy) is 1. The average molecular weight is 267 g/mol. The zero-order chi connectivity index (χ0) is 13.1. The van der Waals surface area contributed by atoms with E-state index in [0.717, 1.165) is 0 Å². The first kappa shape index (κ1) is 12.8. The molecule has 0 bridgehead atoms. The van der Waals surface area contributed by atoms with Gasteiger partial charge in [-0.15, -0.1) is 0 Å². The fraction of sp³-hybridized carbons (Fsp3) is 0.154. The molecule has 0 aliphatic rings. The van der Waals surface area contributed by atoms with Crippen molar-refractivity contribution >= 4 is 11.6 Å². The molecular weight excluding hydrogens is 255 g/mol. The van der Waals surface area contributed by atoms with Crippen LogP contribution in [0.25, 0.3) is 0 Å². The lowest BCUT2D eigenvalue weighted by atomic mass is 10.0. The molecule has 0 saturated heterocycles. The van der Waals surface area contributed by atoms with Gasteiger partial charge in [0, 0.05) is 11.8 Å². The molecule has 1 heterocycles. The minimum atomic E-state index is -0.633. The summed E-state index contributed by atoms with van der Waals surface area (Å²) in [5, 5.41) is 0.0544. The third kappa shape index (κ3) is 2.44. The van der Waals surface area contributed by atoms with Crippen LogP contribution in [0.2, 0.25) is 5.02 Å². The monoisotopic (exact) mass is 266 g/mol. The first-order valence-electron chi connectivity index (χ1n) is 5.32. The van der Waals surface area contributed by atoms with Gasteiger partial charge in [-0.25, -0.2) is 4.39 Å². The van der Waals surface area contributed by atoms with Crippen molar-refractivity contribution in [2.24, 2.45) is 5.73 Å². The standard InChI is InChI=1S/C13H12ClFN2O/c1-18-9-5-8(6-17-7-9)13(16)10-3-2-4-11(14)12(10)15/h2-7,13H,16H2,1H3. The van der Waals surface area contributed by atoms with Crippen LogP contribution >= 0.6 is 11.6 Å². The lowest BCUT2D eigenvalue weighted by Gasteiger charge is -2.14. The van der Waals surface area contributed by atoms with Gasteiger partial charge in [0.25, 0.3) is 0 Å². The number of aromatic nitrogens is 1. The first-order chi connectivity index (χ1) is 8.63. The molecule has 0 radical (unpaired) electrons. The molecule has 0 aliphatic heterocycles. The zero-order valence-corrected chi connectivity index (χ0v) is 10.5. The first-order valence-corrected chi connectivity index (χ1v) is 5.69. The highest BCUT2D eigenvalue weighted by molar-refractivity contribution is 6.30. The summed E-state index contributed by atoms with van der Waals surface area (Å²) in [7, 11) is 1.53. The molecule has 0 saturated carbocycles. The van der Waals surface area contributed by atoms with Gasteiger partial charge in [-0.1, -0.05) is 23.7 Å². The number of hydrogen-bond acceptors (Lipinski definition) is 3. The van der Waals surface area contributed by atoms with Crippen LogP contribution in [0.3, 0.4) is 0 Å². The molecule has 1 atom stereocenters. The fourth-order valence-electron chi connectivity index (χ4n) is 1.66. The van der Waals surface area contributed by atoms with Crippen molar-refractivity contribution in [3.05, 3.63) is 58.6 Å². The average Bonchev–Trinajstić information content (AvgIpc) is 2.41. The van der Waals surface area contributed by atoms with Crippen molar-refractivity contribution in [1.29, 1.82) is 0 Å². The van der Waals surface area contributed by atoms with E-state index in [-0.39, 0.29) is 5.02 Å². The maximum absolute atomic E-state index is 13.9. The van der Waals surface area contributed by atoms with Crippen molar-refractivity contribution < 1.29 is 9.13 Å². The maximum atomic E-state index is 13.9. The van der Waals surface area contributed by atoms with Crippen molar-refractivity contribution in [2.45, 2.75) is 6.04 Å². The molecule has 1 unspecified atom stereocenters. The zero-order valence-electron chi connectivity index (χ0n) is 9.73. The molecule has 0 spiro atoms. The van der Waals surface area contributed by atoms with E-state index in [4.69, 9.17) is 22.1 Å². The summed E-state index contributed by atoms with van der Waals surface area (Å²) >= 11 is 5.73. The molecule has 1 aromatic heterocycles. The molecular formula is C13H12ClFN2O. The second-order valence-corrected chi connectivity index (χ2v) is 4.19. The fourth-order valence-corrected chi connectivity index (χ4v) is 1.84. The predicted molar refractivity (Wildman–Crippen MR) is 68.2 cm³/mol. The van der Waals surface area contributed by atoms with Crippen molar-refractivity contribution in [1.82, 2.24) is 4.98 Å². The normalized spacial score (nSPS) is 12.2. The number of rotatable bonds is 3. The van der Waals surface area contributed by atoms with Gasteiger partial charge in [-0.2, -0.15) is 0 Å². The molecule has 0 aliphatic carbocycles. The lowest BCUT2D eigenvalue weighted by Crippen LogP contribution is -2.14. The van der Waals surface area contributed by atoms with Crippen LogP contribution in [0, 0.1) is 5.82 Å². The summed E-state index contributed by atoms with van der Waals surface area (Å²) < 4.78 is 18.9. The number of benzene rings is 1. The van der Waals surface area contributed by atoms with Crippen LogP contribution in [0.4, 0.5) is 4.39 Å². The number of nitrogens with two attached hydrogens (primary N) is 1. The summed E-state index contributed by atoms with van der Waals surface area (Å²) in [6.45, 7) is 0. The Labute approximate surface area is 109 Å². The molecule has 2 N–H and O–H groups in total. The lowest BCUT2D eigenvalue weighted by molar-refractivity contribution is 0.412. The van der Waals surface area contributed by atoms with Crippen LogP contribution in [-0.4, -0.2) is 12.1 Å². The Morgan fingerprint density at radius 2 is 2.17 bits per heavy atom. The number of methoxy groups -OCH3 is 1. The highest BCUT2D eigenvalue weighted by Crippen LogP contribution is 2.27. The van der Waals surface area contributed by atoms with E-state index in [9.17, 15) is 4.39 Å². The summed E-state index contributed by atoms with van der Waals surface area (Å²) in [5.41, 5.74) is 7.01. The molecule has 0 amide bonds. The quantitative estimate of drug-likeness (QED) is 0.929. The Bertz CT molecular complexity index is 562. The van der Waals surface area contributed by atoms with E-state index in [1.54, 1.807) is 30.6 Å². The molecule has 3 nitrogen and oxygen atoms in total. The Hall–Kier alpha value is -1.65. The van der Waals surface area contributed by atoms with Crippen molar-refractivity contribution in [2.75, 3.05) is 7.11 Å². The Morgan fingerprint density at radius 3 is 2.89 bits per heavy atom. The van der Waals surface area contributed by atoms with E-state index >= 15 is 0 Å². The van der Waals surface area contributed by atoms with Gasteiger partial charge >= 0.3 is 0 Å². The summed E-state index contributed by atoms with van der Waals surface area (Å²) in [4.78, 5) is 3.99. The predicted octanol–water partition coefficient (Wildman–Crippen LogP) is 2.93. The maximum Gasteiger partial charge on any atom is 0.146 e. The van der Waals surface area contributed by atoms with Crippen LogP contribution in [0.5, 0.6) is 5.75 Å². The third-order valence-corrected chi connectivity index (χ3v) is 2.94. The number of hydrogen-bond donors (Lipinski definition) is 1. The molecule has 18 heavy (non-hydrogen) atoms. The highest BCUT2D eigenvalue weighted by Gasteiger charge is 2.16. The Morgan fingerprint density at radius 1 is 1.39 bits per heavy atom.